The molecule has 3 fully saturated rings. The highest BCUT2D eigenvalue weighted by molar-refractivity contribution is 5.78. The van der Waals surface area contributed by atoms with Gasteiger partial charge in [-0.3, -0.25) is 9.69 Å². The van der Waals surface area contributed by atoms with Gasteiger partial charge in [-0.05, 0) is 70.1 Å². The summed E-state index contributed by atoms with van der Waals surface area (Å²) in [4.78, 5) is 19.9. The summed E-state index contributed by atoms with van der Waals surface area (Å²) in [6.45, 7) is 9.47. The number of aliphatic hydroxyl groups is 1. The Balaban J connectivity index is 1.58. The number of amides is 1. The van der Waals surface area contributed by atoms with E-state index in [0.29, 0.717) is 6.54 Å². The van der Waals surface area contributed by atoms with Gasteiger partial charge in [-0.25, -0.2) is 0 Å². The van der Waals surface area contributed by atoms with E-state index in [2.05, 4.69) is 52.8 Å². The molecule has 1 aromatic rings. The van der Waals surface area contributed by atoms with E-state index in [0.717, 1.165) is 71.2 Å². The molecule has 2 aliphatic heterocycles. The first-order chi connectivity index (χ1) is 15.1. The lowest BCUT2D eigenvalue weighted by Crippen LogP contribution is -2.56. The minimum atomic E-state index is -0.578. The van der Waals surface area contributed by atoms with Gasteiger partial charge in [0.1, 0.15) is 0 Å². The number of nitrogens with zero attached hydrogens (tertiary/aromatic N) is 3. The van der Waals surface area contributed by atoms with Crippen LogP contribution in [-0.4, -0.2) is 65.7 Å². The first-order valence-electron chi connectivity index (χ1n) is 12.6. The standard InChI is InChI=1S/C26H41N3O2/c1-3-27(4-2)22-13-11-21(12-14-22)25-23-10-6-7-15-26(23,31)16-19-29(25)20-24(30)28-17-8-5-9-18-28/h11-14,23,25,31H,3-10,15-20H2,1-2H3/t23-,25+,26-/m0/s1. The lowest BCUT2D eigenvalue weighted by molar-refractivity contribution is -0.145. The number of carbonyl (C=O) groups is 1. The van der Waals surface area contributed by atoms with Gasteiger partial charge in [-0.1, -0.05) is 25.0 Å². The van der Waals surface area contributed by atoms with Crippen molar-refractivity contribution in [2.45, 2.75) is 76.9 Å². The molecule has 2 saturated heterocycles. The second-order valence-corrected chi connectivity index (χ2v) is 9.83. The van der Waals surface area contributed by atoms with Gasteiger partial charge in [0.2, 0.25) is 5.91 Å². The van der Waals surface area contributed by atoms with Crippen LogP contribution in [-0.2, 0) is 4.79 Å². The van der Waals surface area contributed by atoms with Crippen LogP contribution < -0.4 is 4.90 Å². The molecule has 5 heteroatoms. The summed E-state index contributed by atoms with van der Waals surface area (Å²) in [5.41, 5.74) is 1.93. The first-order valence-corrected chi connectivity index (χ1v) is 12.6. The Bertz CT molecular complexity index is 727. The number of carbonyl (C=O) groups excluding carboxylic acids is 1. The maximum atomic E-state index is 13.1. The van der Waals surface area contributed by atoms with Crippen LogP contribution >= 0.6 is 0 Å². The van der Waals surface area contributed by atoms with Gasteiger partial charge in [-0.2, -0.15) is 0 Å². The fraction of sp³-hybridized carbons (Fsp3) is 0.731. The van der Waals surface area contributed by atoms with Gasteiger partial charge in [0.15, 0.2) is 0 Å². The van der Waals surface area contributed by atoms with E-state index in [-0.39, 0.29) is 17.9 Å². The molecule has 31 heavy (non-hydrogen) atoms. The first kappa shape index (κ1) is 22.6. The number of anilines is 1. The Morgan fingerprint density at radius 2 is 1.71 bits per heavy atom. The van der Waals surface area contributed by atoms with E-state index in [1.54, 1.807) is 0 Å². The quantitative estimate of drug-likeness (QED) is 0.739. The van der Waals surface area contributed by atoms with Crippen LogP contribution in [0.25, 0.3) is 0 Å². The molecule has 1 aromatic carbocycles. The lowest BCUT2D eigenvalue weighted by Gasteiger charge is -2.52. The second kappa shape index (κ2) is 9.91. The van der Waals surface area contributed by atoms with Gasteiger partial charge in [-0.15, -0.1) is 0 Å². The average molecular weight is 428 g/mol. The Morgan fingerprint density at radius 3 is 2.39 bits per heavy atom. The minimum absolute atomic E-state index is 0.124. The van der Waals surface area contributed by atoms with Crippen molar-refractivity contribution in [1.29, 1.82) is 0 Å². The molecule has 0 spiro atoms. The summed E-state index contributed by atoms with van der Waals surface area (Å²) < 4.78 is 0. The lowest BCUT2D eigenvalue weighted by atomic mass is 9.66. The highest BCUT2D eigenvalue weighted by Crippen LogP contribution is 2.49. The number of rotatable bonds is 6. The van der Waals surface area contributed by atoms with E-state index in [9.17, 15) is 9.90 Å². The van der Waals surface area contributed by atoms with Gasteiger partial charge >= 0.3 is 0 Å². The van der Waals surface area contributed by atoms with Gasteiger partial charge in [0.25, 0.3) is 0 Å². The monoisotopic (exact) mass is 427 g/mol. The number of fused-ring (bicyclic) bond motifs is 1. The molecular weight excluding hydrogens is 386 g/mol. The van der Waals surface area contributed by atoms with Crippen LogP contribution in [0, 0.1) is 5.92 Å². The van der Waals surface area contributed by atoms with Crippen LogP contribution in [0.5, 0.6) is 0 Å². The van der Waals surface area contributed by atoms with Gasteiger partial charge in [0, 0.05) is 50.4 Å². The molecule has 5 nitrogen and oxygen atoms in total. The van der Waals surface area contributed by atoms with E-state index in [4.69, 9.17) is 0 Å². The molecule has 3 aliphatic rings. The predicted octanol–water partition coefficient (Wildman–Crippen LogP) is 4.21. The molecule has 0 aromatic heterocycles. The molecule has 2 heterocycles. The van der Waals surface area contributed by atoms with E-state index < -0.39 is 5.60 Å². The van der Waals surface area contributed by atoms with Crippen molar-refractivity contribution in [2.75, 3.05) is 44.2 Å². The van der Waals surface area contributed by atoms with Crippen LogP contribution in [0.1, 0.15) is 76.8 Å². The normalized spacial score (nSPS) is 29.5. The summed E-state index contributed by atoms with van der Waals surface area (Å²) >= 11 is 0. The Kier molecular flexibility index (Phi) is 7.22. The SMILES string of the molecule is CCN(CC)c1ccc([C@@H]2[C@@H]3CCCC[C@]3(O)CCN2CC(=O)N2CCCCC2)cc1. The number of piperidine rings is 2. The maximum Gasteiger partial charge on any atom is 0.236 e. The zero-order chi connectivity index (χ0) is 21.8. The molecule has 3 atom stereocenters. The maximum absolute atomic E-state index is 13.1. The fourth-order valence-electron chi connectivity index (χ4n) is 6.25. The molecule has 0 radical (unpaired) electrons. The molecule has 1 amide bonds. The van der Waals surface area contributed by atoms with Crippen LogP contribution in [0.15, 0.2) is 24.3 Å². The molecule has 1 aliphatic carbocycles. The van der Waals surface area contributed by atoms with E-state index >= 15 is 0 Å². The van der Waals surface area contributed by atoms with Gasteiger partial charge in [0.05, 0.1) is 12.1 Å². The average Bonchev–Trinajstić information content (AvgIpc) is 2.81. The highest BCUT2D eigenvalue weighted by Gasteiger charge is 2.49. The third-order valence-electron chi connectivity index (χ3n) is 8.08. The summed E-state index contributed by atoms with van der Waals surface area (Å²) in [5.74, 6) is 0.481. The second-order valence-electron chi connectivity index (χ2n) is 9.83. The predicted molar refractivity (Wildman–Crippen MR) is 126 cm³/mol. The topological polar surface area (TPSA) is 47.0 Å². The van der Waals surface area contributed by atoms with E-state index in [1.165, 1.54) is 24.1 Å². The number of hydrogen-bond acceptors (Lipinski definition) is 4. The number of likely N-dealkylation sites (tertiary alicyclic amines) is 2. The molecule has 1 saturated carbocycles. The fourth-order valence-corrected chi connectivity index (χ4v) is 6.25. The van der Waals surface area contributed by atoms with Gasteiger partial charge < -0.3 is 14.9 Å². The Labute approximate surface area is 188 Å². The highest BCUT2D eigenvalue weighted by atomic mass is 16.3. The Morgan fingerprint density at radius 1 is 1.00 bits per heavy atom. The number of hydrogen-bond donors (Lipinski definition) is 1. The molecule has 0 bridgehead atoms. The van der Waals surface area contributed by atoms with Crippen LogP contribution in [0.2, 0.25) is 0 Å². The van der Waals surface area contributed by atoms with Crippen molar-refractivity contribution in [3.8, 4) is 0 Å². The van der Waals surface area contributed by atoms with E-state index in [1.807, 2.05) is 0 Å². The summed E-state index contributed by atoms with van der Waals surface area (Å²) in [5, 5.41) is 11.5. The zero-order valence-electron chi connectivity index (χ0n) is 19.6. The van der Waals surface area contributed by atoms with Crippen LogP contribution in [0.4, 0.5) is 5.69 Å². The van der Waals surface area contributed by atoms with Crippen molar-refractivity contribution >= 4 is 11.6 Å². The summed E-state index contributed by atoms with van der Waals surface area (Å²) in [7, 11) is 0. The van der Waals surface area contributed by atoms with Crippen LogP contribution in [0.3, 0.4) is 0 Å². The summed E-state index contributed by atoms with van der Waals surface area (Å²) in [6, 6.07) is 9.07. The molecule has 1 N–H and O–H groups in total. The molecule has 172 valence electrons. The molecule has 4 rings (SSSR count). The summed E-state index contributed by atoms with van der Waals surface area (Å²) in [6.07, 6.45) is 8.53. The molecule has 0 unspecified atom stereocenters. The third kappa shape index (κ3) is 4.78. The van der Waals surface area contributed by atoms with Crippen molar-refractivity contribution in [3.63, 3.8) is 0 Å². The molecular formula is C26H41N3O2. The largest absolute Gasteiger partial charge is 0.389 e. The minimum Gasteiger partial charge on any atom is -0.389 e. The number of benzene rings is 1. The van der Waals surface area contributed by atoms with Crippen molar-refractivity contribution in [3.05, 3.63) is 29.8 Å². The van der Waals surface area contributed by atoms with Crippen molar-refractivity contribution in [2.24, 2.45) is 5.92 Å². The Hall–Kier alpha value is -1.59. The zero-order valence-corrected chi connectivity index (χ0v) is 19.6. The van der Waals surface area contributed by atoms with Crippen molar-refractivity contribution in [1.82, 2.24) is 9.80 Å². The smallest absolute Gasteiger partial charge is 0.236 e. The third-order valence-corrected chi connectivity index (χ3v) is 8.08. The van der Waals surface area contributed by atoms with Crippen molar-refractivity contribution < 1.29 is 9.90 Å².